The van der Waals surface area contributed by atoms with Gasteiger partial charge in [0.15, 0.2) is 0 Å². The highest BCUT2D eigenvalue weighted by atomic mass is 79.9. The minimum Gasteiger partial charge on any atom is -0.495 e. The van der Waals surface area contributed by atoms with Crippen LogP contribution >= 0.6 is 27.5 Å². The zero-order valence-corrected chi connectivity index (χ0v) is 9.76. The molecule has 0 aliphatic rings. The fourth-order valence-electron chi connectivity index (χ4n) is 1.29. The summed E-state index contributed by atoms with van der Waals surface area (Å²) in [7, 11) is 1.60. The van der Waals surface area contributed by atoms with Gasteiger partial charge in [0.05, 0.1) is 12.1 Å². The highest BCUT2D eigenvalue weighted by molar-refractivity contribution is 9.10. The third-order valence-corrected chi connectivity index (χ3v) is 2.92. The Kier molecular flexibility index (Phi) is 2.61. The van der Waals surface area contributed by atoms with Gasteiger partial charge in [0, 0.05) is 11.6 Å². The number of methoxy groups -OCH3 is 1. The standard InChI is InChI=1S/C10H7BrClNO/c1-14-9-4-6-2-3-13-10(11)7(6)5-8(9)12/h2-5H,1H3. The van der Waals surface area contributed by atoms with Crippen molar-refractivity contribution in [3.63, 3.8) is 0 Å². The molecule has 0 bridgehead atoms. The number of halogens is 2. The van der Waals surface area contributed by atoms with Gasteiger partial charge in [-0.15, -0.1) is 0 Å². The number of hydrogen-bond acceptors (Lipinski definition) is 2. The summed E-state index contributed by atoms with van der Waals surface area (Å²) in [6.07, 6.45) is 1.74. The molecule has 0 atom stereocenters. The molecule has 0 N–H and O–H groups in total. The Labute approximate surface area is 95.0 Å². The molecule has 0 unspecified atom stereocenters. The smallest absolute Gasteiger partial charge is 0.138 e. The quantitative estimate of drug-likeness (QED) is 0.739. The summed E-state index contributed by atoms with van der Waals surface area (Å²) < 4.78 is 5.92. The first kappa shape index (κ1) is 9.74. The number of pyridine rings is 1. The number of rotatable bonds is 1. The van der Waals surface area contributed by atoms with Crippen molar-refractivity contribution in [2.24, 2.45) is 0 Å². The van der Waals surface area contributed by atoms with E-state index in [1.54, 1.807) is 13.3 Å². The van der Waals surface area contributed by atoms with Crippen LogP contribution in [0.15, 0.2) is 29.0 Å². The van der Waals surface area contributed by atoms with Gasteiger partial charge in [-0.25, -0.2) is 4.98 Å². The molecule has 0 fully saturated rings. The molecule has 1 aromatic heterocycles. The van der Waals surface area contributed by atoms with Crippen molar-refractivity contribution in [2.75, 3.05) is 7.11 Å². The summed E-state index contributed by atoms with van der Waals surface area (Å²) in [6.45, 7) is 0. The van der Waals surface area contributed by atoms with E-state index in [1.807, 2.05) is 18.2 Å². The average Bonchev–Trinajstić information content (AvgIpc) is 2.19. The van der Waals surface area contributed by atoms with E-state index in [9.17, 15) is 0 Å². The lowest BCUT2D eigenvalue weighted by atomic mass is 10.2. The summed E-state index contributed by atoms with van der Waals surface area (Å²) in [5.41, 5.74) is 0. The molecule has 1 heterocycles. The number of nitrogens with zero attached hydrogens (tertiary/aromatic N) is 1. The molecule has 0 radical (unpaired) electrons. The van der Waals surface area contributed by atoms with Crippen LogP contribution in [0.25, 0.3) is 10.8 Å². The van der Waals surface area contributed by atoms with Gasteiger partial charge in [0.25, 0.3) is 0 Å². The Morgan fingerprint density at radius 3 is 2.93 bits per heavy atom. The number of ether oxygens (including phenoxy) is 1. The van der Waals surface area contributed by atoms with Crippen molar-refractivity contribution in [2.45, 2.75) is 0 Å². The van der Waals surface area contributed by atoms with Crippen LogP contribution in [0.2, 0.25) is 5.02 Å². The third kappa shape index (κ3) is 1.57. The fourth-order valence-corrected chi connectivity index (χ4v) is 2.00. The van der Waals surface area contributed by atoms with E-state index < -0.39 is 0 Å². The highest BCUT2D eigenvalue weighted by Crippen LogP contribution is 2.32. The molecule has 14 heavy (non-hydrogen) atoms. The van der Waals surface area contributed by atoms with Crippen LogP contribution in [0.3, 0.4) is 0 Å². The van der Waals surface area contributed by atoms with E-state index in [0.717, 1.165) is 15.4 Å². The van der Waals surface area contributed by atoms with Crippen LogP contribution in [0.5, 0.6) is 5.75 Å². The molecular weight excluding hydrogens is 265 g/mol. The number of fused-ring (bicyclic) bond motifs is 1. The maximum absolute atomic E-state index is 6.00. The average molecular weight is 273 g/mol. The molecule has 0 spiro atoms. The first-order chi connectivity index (χ1) is 6.72. The van der Waals surface area contributed by atoms with Crippen molar-refractivity contribution in [1.82, 2.24) is 4.98 Å². The van der Waals surface area contributed by atoms with Gasteiger partial charge in [-0.1, -0.05) is 11.6 Å². The molecular formula is C10H7BrClNO. The first-order valence-electron chi connectivity index (χ1n) is 4.00. The summed E-state index contributed by atoms with van der Waals surface area (Å²) in [4.78, 5) is 4.12. The van der Waals surface area contributed by atoms with Gasteiger partial charge in [-0.2, -0.15) is 0 Å². The van der Waals surface area contributed by atoms with Crippen molar-refractivity contribution >= 4 is 38.3 Å². The van der Waals surface area contributed by atoms with Crippen LogP contribution < -0.4 is 4.74 Å². The summed E-state index contributed by atoms with van der Waals surface area (Å²) in [5.74, 6) is 0.678. The van der Waals surface area contributed by atoms with Gasteiger partial charge >= 0.3 is 0 Å². The Bertz CT molecular complexity index is 487. The highest BCUT2D eigenvalue weighted by Gasteiger charge is 2.05. The van der Waals surface area contributed by atoms with E-state index in [1.165, 1.54) is 0 Å². The Hall–Kier alpha value is -0.800. The molecule has 0 amide bonds. The molecule has 4 heteroatoms. The lowest BCUT2D eigenvalue weighted by Crippen LogP contribution is -1.86. The molecule has 1 aromatic carbocycles. The molecule has 2 rings (SSSR count). The van der Waals surface area contributed by atoms with Crippen LogP contribution in [-0.4, -0.2) is 12.1 Å². The van der Waals surface area contributed by atoms with Crippen LogP contribution in [-0.2, 0) is 0 Å². The second-order valence-corrected chi connectivity index (χ2v) is 3.97. The van der Waals surface area contributed by atoms with E-state index in [4.69, 9.17) is 16.3 Å². The molecule has 0 aliphatic heterocycles. The fraction of sp³-hybridized carbons (Fsp3) is 0.100. The second-order valence-electron chi connectivity index (χ2n) is 2.81. The Morgan fingerprint density at radius 2 is 2.21 bits per heavy atom. The minimum absolute atomic E-state index is 0.591. The maximum atomic E-state index is 6.00. The molecule has 0 saturated carbocycles. The van der Waals surface area contributed by atoms with Crippen molar-refractivity contribution in [3.05, 3.63) is 34.0 Å². The lowest BCUT2D eigenvalue weighted by Gasteiger charge is -2.05. The monoisotopic (exact) mass is 271 g/mol. The second kappa shape index (κ2) is 3.75. The van der Waals surface area contributed by atoms with E-state index >= 15 is 0 Å². The van der Waals surface area contributed by atoms with E-state index in [2.05, 4.69) is 20.9 Å². The number of hydrogen-bond donors (Lipinski definition) is 0. The van der Waals surface area contributed by atoms with Gasteiger partial charge in [-0.3, -0.25) is 0 Å². The van der Waals surface area contributed by atoms with Gasteiger partial charge in [0.1, 0.15) is 10.4 Å². The lowest BCUT2D eigenvalue weighted by molar-refractivity contribution is 0.415. The number of aromatic nitrogens is 1. The predicted molar refractivity (Wildman–Crippen MR) is 61.0 cm³/mol. The Morgan fingerprint density at radius 1 is 1.43 bits per heavy atom. The Balaban J connectivity index is 2.79. The van der Waals surface area contributed by atoms with Crippen molar-refractivity contribution < 1.29 is 4.74 Å². The molecule has 0 saturated heterocycles. The van der Waals surface area contributed by atoms with Gasteiger partial charge in [0.2, 0.25) is 0 Å². The molecule has 2 aromatic rings. The van der Waals surface area contributed by atoms with E-state index in [-0.39, 0.29) is 0 Å². The molecule has 72 valence electrons. The largest absolute Gasteiger partial charge is 0.495 e. The summed E-state index contributed by atoms with van der Waals surface area (Å²) in [6, 6.07) is 5.65. The number of benzene rings is 1. The first-order valence-corrected chi connectivity index (χ1v) is 5.17. The summed E-state index contributed by atoms with van der Waals surface area (Å²) >= 11 is 9.37. The predicted octanol–water partition coefficient (Wildman–Crippen LogP) is 3.66. The van der Waals surface area contributed by atoms with E-state index in [0.29, 0.717) is 10.8 Å². The topological polar surface area (TPSA) is 22.1 Å². The van der Waals surface area contributed by atoms with Crippen LogP contribution in [0.1, 0.15) is 0 Å². The zero-order valence-electron chi connectivity index (χ0n) is 7.42. The van der Waals surface area contributed by atoms with Crippen LogP contribution in [0.4, 0.5) is 0 Å². The maximum Gasteiger partial charge on any atom is 0.138 e. The SMILES string of the molecule is COc1cc2ccnc(Br)c2cc1Cl. The zero-order chi connectivity index (χ0) is 10.1. The van der Waals surface area contributed by atoms with Crippen LogP contribution in [0, 0.1) is 0 Å². The van der Waals surface area contributed by atoms with Gasteiger partial charge < -0.3 is 4.74 Å². The third-order valence-electron chi connectivity index (χ3n) is 1.99. The normalized spacial score (nSPS) is 10.5. The van der Waals surface area contributed by atoms with Crippen molar-refractivity contribution in [1.29, 1.82) is 0 Å². The molecule has 2 nitrogen and oxygen atoms in total. The van der Waals surface area contributed by atoms with Gasteiger partial charge in [-0.05, 0) is 39.5 Å². The minimum atomic E-state index is 0.591. The van der Waals surface area contributed by atoms with Crippen molar-refractivity contribution in [3.8, 4) is 5.75 Å². The summed E-state index contributed by atoms with van der Waals surface area (Å²) in [5, 5.41) is 2.63. The molecule has 0 aliphatic carbocycles.